The molecule has 0 atom stereocenters. The van der Waals surface area contributed by atoms with Gasteiger partial charge >= 0.3 is 6.18 Å². The van der Waals surface area contributed by atoms with Gasteiger partial charge in [0.25, 0.3) is 0 Å². The van der Waals surface area contributed by atoms with Gasteiger partial charge in [-0.3, -0.25) is 0 Å². The number of aryl methyl sites for hydroxylation is 2. The molecular weight excluding hydrogens is 343 g/mol. The van der Waals surface area contributed by atoms with Crippen molar-refractivity contribution >= 4 is 21.6 Å². The Morgan fingerprint density at radius 2 is 1.76 bits per heavy atom. The summed E-state index contributed by atoms with van der Waals surface area (Å²) in [5.74, 6) is 0. The lowest BCUT2D eigenvalue weighted by atomic mass is 10.1. The Morgan fingerprint density at radius 3 is 2.38 bits per heavy atom. The maximum absolute atomic E-state index is 12.7. The van der Waals surface area contributed by atoms with E-state index in [1.807, 2.05) is 25.1 Å². The summed E-state index contributed by atoms with van der Waals surface area (Å²) in [4.78, 5) is 0. The van der Waals surface area contributed by atoms with E-state index in [1.54, 1.807) is 6.92 Å². The highest BCUT2D eigenvalue weighted by Gasteiger charge is 2.30. The van der Waals surface area contributed by atoms with Gasteiger partial charge in [0.1, 0.15) is 0 Å². The first-order chi connectivity index (χ1) is 9.77. The van der Waals surface area contributed by atoms with Crippen LogP contribution in [0.3, 0.4) is 0 Å². The molecule has 0 fully saturated rings. The first-order valence-electron chi connectivity index (χ1n) is 6.44. The predicted octanol–water partition coefficient (Wildman–Crippen LogP) is 5.70. The van der Waals surface area contributed by atoms with Crippen molar-refractivity contribution in [1.82, 2.24) is 0 Å². The van der Waals surface area contributed by atoms with Crippen LogP contribution in [0.1, 0.15) is 22.3 Å². The summed E-state index contributed by atoms with van der Waals surface area (Å²) in [7, 11) is 0. The standard InChI is InChI=1S/C16H15BrF3N/c1-10-3-5-12(14(17)7-10)9-21-15-8-13(16(18,19)20)6-4-11(15)2/h3-8,21H,9H2,1-2H3. The lowest BCUT2D eigenvalue weighted by Gasteiger charge is -2.14. The Kier molecular flexibility index (Phi) is 4.61. The van der Waals surface area contributed by atoms with Crippen LogP contribution in [0.2, 0.25) is 0 Å². The minimum Gasteiger partial charge on any atom is -0.381 e. The second kappa shape index (κ2) is 6.10. The van der Waals surface area contributed by atoms with E-state index >= 15 is 0 Å². The van der Waals surface area contributed by atoms with Gasteiger partial charge < -0.3 is 5.32 Å². The Labute approximate surface area is 130 Å². The monoisotopic (exact) mass is 357 g/mol. The number of benzene rings is 2. The number of alkyl halides is 3. The number of hydrogen-bond acceptors (Lipinski definition) is 1. The van der Waals surface area contributed by atoms with E-state index in [0.29, 0.717) is 12.2 Å². The Balaban J connectivity index is 2.19. The van der Waals surface area contributed by atoms with E-state index in [-0.39, 0.29) is 0 Å². The van der Waals surface area contributed by atoms with Crippen LogP contribution in [0, 0.1) is 13.8 Å². The molecule has 1 N–H and O–H groups in total. The average Bonchev–Trinajstić information content (AvgIpc) is 2.38. The third-order valence-electron chi connectivity index (χ3n) is 3.24. The van der Waals surface area contributed by atoms with E-state index in [2.05, 4.69) is 21.2 Å². The summed E-state index contributed by atoms with van der Waals surface area (Å²) in [6, 6.07) is 9.64. The fourth-order valence-electron chi connectivity index (χ4n) is 1.97. The van der Waals surface area contributed by atoms with Gasteiger partial charge in [-0.1, -0.05) is 34.1 Å². The highest BCUT2D eigenvalue weighted by Crippen LogP contribution is 2.32. The quantitative estimate of drug-likeness (QED) is 0.743. The molecule has 1 nitrogen and oxygen atoms in total. The number of rotatable bonds is 3. The van der Waals surface area contributed by atoms with Crippen LogP contribution in [0.4, 0.5) is 18.9 Å². The molecule has 0 aromatic heterocycles. The molecule has 0 amide bonds. The van der Waals surface area contributed by atoms with E-state index in [9.17, 15) is 13.2 Å². The second-order valence-corrected chi connectivity index (χ2v) is 5.83. The molecule has 0 bridgehead atoms. The van der Waals surface area contributed by atoms with E-state index in [1.165, 1.54) is 6.07 Å². The molecule has 0 radical (unpaired) electrons. The molecule has 0 aliphatic heterocycles. The number of nitrogens with one attached hydrogen (secondary N) is 1. The molecule has 2 rings (SSSR count). The number of hydrogen-bond donors (Lipinski definition) is 1. The van der Waals surface area contributed by atoms with Crippen molar-refractivity contribution in [2.75, 3.05) is 5.32 Å². The summed E-state index contributed by atoms with van der Waals surface area (Å²) >= 11 is 3.47. The zero-order valence-corrected chi connectivity index (χ0v) is 13.3. The molecule has 0 aliphatic carbocycles. The molecule has 21 heavy (non-hydrogen) atoms. The van der Waals surface area contributed by atoms with Gasteiger partial charge in [0.15, 0.2) is 0 Å². The maximum Gasteiger partial charge on any atom is 0.416 e. The average molecular weight is 358 g/mol. The Morgan fingerprint density at radius 1 is 1.05 bits per heavy atom. The molecule has 0 unspecified atom stereocenters. The van der Waals surface area contributed by atoms with Crippen molar-refractivity contribution in [3.8, 4) is 0 Å². The van der Waals surface area contributed by atoms with Crippen LogP contribution in [0.5, 0.6) is 0 Å². The first-order valence-corrected chi connectivity index (χ1v) is 7.23. The highest BCUT2D eigenvalue weighted by molar-refractivity contribution is 9.10. The fourth-order valence-corrected chi connectivity index (χ4v) is 2.61. The van der Waals surface area contributed by atoms with Crippen molar-refractivity contribution in [3.63, 3.8) is 0 Å². The molecule has 2 aromatic rings. The van der Waals surface area contributed by atoms with Gasteiger partial charge in [-0.15, -0.1) is 0 Å². The zero-order chi connectivity index (χ0) is 15.6. The van der Waals surface area contributed by atoms with E-state index < -0.39 is 11.7 Å². The van der Waals surface area contributed by atoms with Crippen molar-refractivity contribution in [2.24, 2.45) is 0 Å². The summed E-state index contributed by atoms with van der Waals surface area (Å²) in [6.45, 7) is 4.23. The van der Waals surface area contributed by atoms with Crippen molar-refractivity contribution < 1.29 is 13.2 Å². The Hall–Kier alpha value is -1.49. The minimum atomic E-state index is -4.32. The van der Waals surface area contributed by atoms with Gasteiger partial charge in [0.05, 0.1) is 5.56 Å². The van der Waals surface area contributed by atoms with Gasteiger partial charge in [0.2, 0.25) is 0 Å². The number of anilines is 1. The smallest absolute Gasteiger partial charge is 0.381 e. The van der Waals surface area contributed by atoms with Gasteiger partial charge in [-0.2, -0.15) is 13.2 Å². The normalized spacial score (nSPS) is 11.5. The zero-order valence-electron chi connectivity index (χ0n) is 11.7. The molecule has 0 saturated carbocycles. The summed E-state index contributed by atoms with van der Waals surface area (Å²) < 4.78 is 39.2. The van der Waals surface area contributed by atoms with E-state index in [0.717, 1.165) is 33.3 Å². The lowest BCUT2D eigenvalue weighted by molar-refractivity contribution is -0.137. The Bertz CT molecular complexity index is 650. The van der Waals surface area contributed by atoms with Crippen molar-refractivity contribution in [1.29, 1.82) is 0 Å². The van der Waals surface area contributed by atoms with Gasteiger partial charge in [-0.05, 0) is 48.7 Å². The van der Waals surface area contributed by atoms with Crippen LogP contribution in [0.15, 0.2) is 40.9 Å². The minimum absolute atomic E-state index is 0.461. The maximum atomic E-state index is 12.7. The van der Waals surface area contributed by atoms with Crippen LogP contribution in [-0.2, 0) is 12.7 Å². The van der Waals surface area contributed by atoms with Gasteiger partial charge in [-0.25, -0.2) is 0 Å². The molecule has 0 aliphatic rings. The highest BCUT2D eigenvalue weighted by atomic mass is 79.9. The van der Waals surface area contributed by atoms with Crippen molar-refractivity contribution in [2.45, 2.75) is 26.6 Å². The van der Waals surface area contributed by atoms with Crippen LogP contribution >= 0.6 is 15.9 Å². The van der Waals surface area contributed by atoms with Crippen LogP contribution in [-0.4, -0.2) is 0 Å². The predicted molar refractivity (Wildman–Crippen MR) is 82.4 cm³/mol. The summed E-state index contributed by atoms with van der Waals surface area (Å²) in [6.07, 6.45) is -4.32. The van der Waals surface area contributed by atoms with Crippen LogP contribution in [0.25, 0.3) is 0 Å². The lowest BCUT2D eigenvalue weighted by Crippen LogP contribution is -2.08. The fraction of sp³-hybridized carbons (Fsp3) is 0.250. The SMILES string of the molecule is Cc1ccc(CNc2cc(C(F)(F)F)ccc2C)c(Br)c1. The topological polar surface area (TPSA) is 12.0 Å². The third-order valence-corrected chi connectivity index (χ3v) is 3.98. The summed E-state index contributed by atoms with van der Waals surface area (Å²) in [5.41, 5.74) is 2.76. The van der Waals surface area contributed by atoms with Crippen LogP contribution < -0.4 is 5.32 Å². The third kappa shape index (κ3) is 4.00. The molecule has 0 heterocycles. The molecular formula is C16H15BrF3N. The molecule has 0 spiro atoms. The second-order valence-electron chi connectivity index (χ2n) is 4.98. The number of halogens is 4. The molecule has 2 aromatic carbocycles. The molecule has 0 saturated heterocycles. The molecule has 5 heteroatoms. The largest absolute Gasteiger partial charge is 0.416 e. The van der Waals surface area contributed by atoms with Crippen molar-refractivity contribution in [3.05, 3.63) is 63.1 Å². The summed E-state index contributed by atoms with van der Waals surface area (Å²) in [5, 5.41) is 3.07. The first kappa shape index (κ1) is 15.9. The molecule has 112 valence electrons. The van der Waals surface area contributed by atoms with Gasteiger partial charge in [0, 0.05) is 16.7 Å². The van der Waals surface area contributed by atoms with E-state index in [4.69, 9.17) is 0 Å².